The Hall–Kier alpha value is -1.20. The maximum Gasteiger partial charge on any atom is 0.225 e. The van der Waals surface area contributed by atoms with Gasteiger partial charge in [-0.2, -0.15) is 0 Å². The molecule has 3 heterocycles. The summed E-state index contributed by atoms with van der Waals surface area (Å²) in [6.07, 6.45) is 4.05. The van der Waals surface area contributed by atoms with Crippen LogP contribution in [0.1, 0.15) is 11.3 Å². The molecule has 0 atom stereocenters. The second-order valence-electron chi connectivity index (χ2n) is 4.49. The Balaban J connectivity index is 1.83. The predicted molar refractivity (Wildman–Crippen MR) is 65.3 cm³/mol. The van der Waals surface area contributed by atoms with Gasteiger partial charge in [0, 0.05) is 32.3 Å². The van der Waals surface area contributed by atoms with Gasteiger partial charge >= 0.3 is 0 Å². The van der Waals surface area contributed by atoms with Crippen LogP contribution in [-0.2, 0) is 17.6 Å². The number of fused-ring (bicyclic) bond motifs is 1. The van der Waals surface area contributed by atoms with Gasteiger partial charge in [0.1, 0.15) is 0 Å². The van der Waals surface area contributed by atoms with Crippen LogP contribution in [0.4, 0.5) is 5.95 Å². The van der Waals surface area contributed by atoms with Crippen molar-refractivity contribution in [3.8, 4) is 0 Å². The first kappa shape index (κ1) is 10.9. The lowest BCUT2D eigenvalue weighted by Gasteiger charge is -2.27. The van der Waals surface area contributed by atoms with Gasteiger partial charge in [0.15, 0.2) is 0 Å². The van der Waals surface area contributed by atoms with Gasteiger partial charge in [-0.15, -0.1) is 0 Å². The number of ether oxygens (including phenoxy) is 1. The Morgan fingerprint density at radius 3 is 2.88 bits per heavy atom. The Bertz CT molecular complexity index is 390. The van der Waals surface area contributed by atoms with E-state index in [0.29, 0.717) is 0 Å². The van der Waals surface area contributed by atoms with E-state index in [1.807, 2.05) is 6.20 Å². The lowest BCUT2D eigenvalue weighted by atomic mass is 10.1. The topological polar surface area (TPSA) is 50.3 Å². The molecule has 0 radical (unpaired) electrons. The van der Waals surface area contributed by atoms with Crippen LogP contribution in [0.3, 0.4) is 0 Å². The standard InChI is InChI=1S/C12H18N4O/c1-3-13-4-2-11-10(1)9-14-12(15-11)16-5-7-17-8-6-16/h9,13H,1-8H2. The highest BCUT2D eigenvalue weighted by atomic mass is 16.5. The van der Waals surface area contributed by atoms with Crippen LogP contribution in [0.25, 0.3) is 0 Å². The molecule has 92 valence electrons. The number of hydrogen-bond acceptors (Lipinski definition) is 5. The molecule has 1 fully saturated rings. The molecule has 2 aliphatic heterocycles. The SMILES string of the molecule is c1nc(N2CCOCC2)nc2c1CCNCC2. The molecule has 5 nitrogen and oxygen atoms in total. The van der Waals surface area contributed by atoms with Gasteiger partial charge in [-0.3, -0.25) is 0 Å². The van der Waals surface area contributed by atoms with Crippen molar-refractivity contribution in [2.45, 2.75) is 12.8 Å². The summed E-state index contributed by atoms with van der Waals surface area (Å²) in [5.41, 5.74) is 2.51. The van der Waals surface area contributed by atoms with E-state index in [2.05, 4.69) is 15.2 Å². The zero-order valence-corrected chi connectivity index (χ0v) is 9.98. The number of aromatic nitrogens is 2. The summed E-state index contributed by atoms with van der Waals surface area (Å²) >= 11 is 0. The lowest BCUT2D eigenvalue weighted by Crippen LogP contribution is -2.37. The van der Waals surface area contributed by atoms with Crippen LogP contribution >= 0.6 is 0 Å². The average Bonchev–Trinajstić information content (AvgIpc) is 2.64. The molecule has 5 heteroatoms. The first-order chi connectivity index (χ1) is 8.43. The molecule has 0 saturated carbocycles. The number of nitrogens with one attached hydrogen (secondary N) is 1. The van der Waals surface area contributed by atoms with Gasteiger partial charge < -0.3 is 15.0 Å². The van der Waals surface area contributed by atoms with Crippen molar-refractivity contribution in [2.75, 3.05) is 44.3 Å². The Morgan fingerprint density at radius 1 is 1.18 bits per heavy atom. The molecule has 1 saturated heterocycles. The fraction of sp³-hybridized carbons (Fsp3) is 0.667. The average molecular weight is 234 g/mol. The van der Waals surface area contributed by atoms with Crippen molar-refractivity contribution in [1.29, 1.82) is 0 Å². The van der Waals surface area contributed by atoms with Crippen molar-refractivity contribution < 1.29 is 4.74 Å². The third kappa shape index (κ3) is 2.40. The molecule has 0 amide bonds. The van der Waals surface area contributed by atoms with Gasteiger partial charge in [0.05, 0.1) is 18.9 Å². The largest absolute Gasteiger partial charge is 0.378 e. The molecule has 0 unspecified atom stereocenters. The van der Waals surface area contributed by atoms with E-state index in [-0.39, 0.29) is 0 Å². The highest BCUT2D eigenvalue weighted by Gasteiger charge is 2.16. The molecular formula is C12H18N4O. The normalized spacial score (nSPS) is 20.8. The van der Waals surface area contributed by atoms with Gasteiger partial charge in [-0.25, -0.2) is 9.97 Å². The van der Waals surface area contributed by atoms with Crippen LogP contribution in [0.15, 0.2) is 6.20 Å². The van der Waals surface area contributed by atoms with Crippen LogP contribution < -0.4 is 10.2 Å². The van der Waals surface area contributed by atoms with Crippen molar-refractivity contribution >= 4 is 5.95 Å². The van der Waals surface area contributed by atoms with E-state index in [9.17, 15) is 0 Å². The van der Waals surface area contributed by atoms with Crippen molar-refractivity contribution in [2.24, 2.45) is 0 Å². The molecular weight excluding hydrogens is 216 g/mol. The summed E-state index contributed by atoms with van der Waals surface area (Å²) in [7, 11) is 0. The summed E-state index contributed by atoms with van der Waals surface area (Å²) in [6, 6.07) is 0. The summed E-state index contributed by atoms with van der Waals surface area (Å²) < 4.78 is 5.35. The number of rotatable bonds is 1. The Morgan fingerprint density at radius 2 is 2.00 bits per heavy atom. The van der Waals surface area contributed by atoms with Crippen molar-refractivity contribution in [3.63, 3.8) is 0 Å². The number of nitrogens with zero attached hydrogens (tertiary/aromatic N) is 3. The van der Waals surface area contributed by atoms with Crippen LogP contribution in [-0.4, -0.2) is 49.4 Å². The maximum atomic E-state index is 5.35. The van der Waals surface area contributed by atoms with Crippen LogP contribution in [0.2, 0.25) is 0 Å². The third-order valence-corrected chi connectivity index (χ3v) is 3.35. The third-order valence-electron chi connectivity index (χ3n) is 3.35. The van der Waals surface area contributed by atoms with Crippen LogP contribution in [0, 0.1) is 0 Å². The van der Waals surface area contributed by atoms with Gasteiger partial charge in [-0.05, 0) is 18.5 Å². The molecule has 2 aliphatic rings. The minimum atomic E-state index is 0.780. The fourth-order valence-corrected chi connectivity index (χ4v) is 2.33. The highest BCUT2D eigenvalue weighted by Crippen LogP contribution is 2.15. The van der Waals surface area contributed by atoms with E-state index in [0.717, 1.165) is 58.2 Å². The summed E-state index contributed by atoms with van der Waals surface area (Å²) in [4.78, 5) is 11.4. The minimum Gasteiger partial charge on any atom is -0.378 e. The molecule has 1 aromatic heterocycles. The van der Waals surface area contributed by atoms with E-state index in [4.69, 9.17) is 9.72 Å². The van der Waals surface area contributed by atoms with E-state index < -0.39 is 0 Å². The number of morpholine rings is 1. The first-order valence-electron chi connectivity index (χ1n) is 6.32. The van der Waals surface area contributed by atoms with Crippen molar-refractivity contribution in [3.05, 3.63) is 17.5 Å². The monoisotopic (exact) mass is 234 g/mol. The number of hydrogen-bond donors (Lipinski definition) is 1. The molecule has 0 spiro atoms. The smallest absolute Gasteiger partial charge is 0.225 e. The van der Waals surface area contributed by atoms with Gasteiger partial charge in [-0.1, -0.05) is 0 Å². The molecule has 1 aromatic rings. The molecule has 17 heavy (non-hydrogen) atoms. The molecule has 3 rings (SSSR count). The summed E-state index contributed by atoms with van der Waals surface area (Å²) in [5, 5.41) is 3.39. The van der Waals surface area contributed by atoms with E-state index in [1.165, 1.54) is 11.3 Å². The second kappa shape index (κ2) is 4.98. The predicted octanol–water partition coefficient (Wildman–Crippen LogP) is 0.00140. The zero-order valence-electron chi connectivity index (χ0n) is 9.98. The van der Waals surface area contributed by atoms with Gasteiger partial charge in [0.25, 0.3) is 0 Å². The number of anilines is 1. The van der Waals surface area contributed by atoms with E-state index >= 15 is 0 Å². The molecule has 0 aliphatic carbocycles. The summed E-state index contributed by atoms with van der Waals surface area (Å²) in [5.74, 6) is 0.869. The van der Waals surface area contributed by atoms with Gasteiger partial charge in [0.2, 0.25) is 5.95 Å². The van der Waals surface area contributed by atoms with Crippen LogP contribution in [0.5, 0.6) is 0 Å². The van der Waals surface area contributed by atoms with E-state index in [1.54, 1.807) is 0 Å². The minimum absolute atomic E-state index is 0.780. The summed E-state index contributed by atoms with van der Waals surface area (Å²) in [6.45, 7) is 5.41. The first-order valence-corrected chi connectivity index (χ1v) is 6.32. The Kier molecular flexibility index (Phi) is 3.20. The highest BCUT2D eigenvalue weighted by molar-refractivity contribution is 5.34. The molecule has 0 aromatic carbocycles. The zero-order chi connectivity index (χ0) is 11.5. The Labute approximate surface area is 101 Å². The van der Waals surface area contributed by atoms with Crippen molar-refractivity contribution in [1.82, 2.24) is 15.3 Å². The lowest BCUT2D eigenvalue weighted by molar-refractivity contribution is 0.122. The fourth-order valence-electron chi connectivity index (χ4n) is 2.33. The quantitative estimate of drug-likeness (QED) is 0.741. The second-order valence-corrected chi connectivity index (χ2v) is 4.49. The molecule has 0 bridgehead atoms. The molecule has 1 N–H and O–H groups in total. The maximum absolute atomic E-state index is 5.35.